The van der Waals surface area contributed by atoms with Gasteiger partial charge in [0.15, 0.2) is 0 Å². The van der Waals surface area contributed by atoms with Crippen molar-refractivity contribution >= 4 is 0 Å². The average Bonchev–Trinajstić information content (AvgIpc) is 2.34. The van der Waals surface area contributed by atoms with Gasteiger partial charge in [0.25, 0.3) is 0 Å². The second kappa shape index (κ2) is 12.8. The second-order valence-electron chi connectivity index (χ2n) is 5.15. The van der Waals surface area contributed by atoms with Crippen molar-refractivity contribution in [3.8, 4) is 0 Å². The lowest BCUT2D eigenvalue weighted by Gasteiger charge is -2.19. The Kier molecular flexibility index (Phi) is 12.7. The first-order valence-electron chi connectivity index (χ1n) is 7.14. The topological polar surface area (TPSA) is 49.0 Å². The highest BCUT2D eigenvalue weighted by molar-refractivity contribution is 4.57. The summed E-state index contributed by atoms with van der Waals surface area (Å²) in [4.78, 5) is 0. The van der Waals surface area contributed by atoms with Gasteiger partial charge in [-0.25, -0.2) is 0 Å². The van der Waals surface area contributed by atoms with Gasteiger partial charge in [0.2, 0.25) is 0 Å². The Labute approximate surface area is 117 Å². The minimum absolute atomic E-state index is 0.0934. The maximum Gasteiger partial charge on any atom is 0.0707 e. The van der Waals surface area contributed by atoms with Gasteiger partial charge in [0, 0.05) is 6.54 Å². The molecule has 0 amide bonds. The standard InChI is InChI=1S/C14H31NO4/c1-5-15-6-7-16-8-9-17-10-11-18-12-13-19-14(2,3)4/h15H,5-13H2,1-4H3. The maximum absolute atomic E-state index is 5.53. The molecule has 5 nitrogen and oxygen atoms in total. The Hall–Kier alpha value is -0.200. The van der Waals surface area contributed by atoms with Gasteiger partial charge in [-0.3, -0.25) is 0 Å². The Balaban J connectivity index is 2.99. The van der Waals surface area contributed by atoms with Crippen LogP contribution < -0.4 is 5.32 Å². The highest BCUT2D eigenvalue weighted by Gasteiger charge is 2.08. The minimum atomic E-state index is -0.0934. The zero-order chi connectivity index (χ0) is 14.4. The number of nitrogens with one attached hydrogen (secondary N) is 1. The van der Waals surface area contributed by atoms with E-state index in [2.05, 4.69) is 12.2 Å². The molecule has 1 N–H and O–H groups in total. The van der Waals surface area contributed by atoms with Crippen molar-refractivity contribution in [3.05, 3.63) is 0 Å². The van der Waals surface area contributed by atoms with Crippen LogP contribution >= 0.6 is 0 Å². The van der Waals surface area contributed by atoms with E-state index in [1.54, 1.807) is 0 Å². The number of rotatable bonds is 13. The number of hydrogen-bond donors (Lipinski definition) is 1. The molecule has 0 aliphatic carbocycles. The molecule has 116 valence electrons. The zero-order valence-corrected chi connectivity index (χ0v) is 13.0. The molecule has 0 bridgehead atoms. The van der Waals surface area contributed by atoms with Gasteiger partial charge < -0.3 is 24.3 Å². The number of ether oxygens (including phenoxy) is 4. The van der Waals surface area contributed by atoms with Crippen LogP contribution in [0.5, 0.6) is 0 Å². The molecule has 0 aromatic carbocycles. The van der Waals surface area contributed by atoms with E-state index in [4.69, 9.17) is 18.9 Å². The van der Waals surface area contributed by atoms with Crippen LogP contribution in [0.1, 0.15) is 27.7 Å². The summed E-state index contributed by atoms with van der Waals surface area (Å²) in [7, 11) is 0. The summed E-state index contributed by atoms with van der Waals surface area (Å²) in [5.74, 6) is 0. The Morgan fingerprint density at radius 2 is 1.21 bits per heavy atom. The van der Waals surface area contributed by atoms with Crippen LogP contribution in [0.3, 0.4) is 0 Å². The van der Waals surface area contributed by atoms with Gasteiger partial charge >= 0.3 is 0 Å². The first-order valence-corrected chi connectivity index (χ1v) is 7.14. The number of hydrogen-bond acceptors (Lipinski definition) is 5. The fraction of sp³-hybridized carbons (Fsp3) is 1.00. The molecule has 0 aliphatic rings. The fourth-order valence-electron chi connectivity index (χ4n) is 1.27. The van der Waals surface area contributed by atoms with Crippen LogP contribution in [-0.4, -0.2) is 64.9 Å². The van der Waals surface area contributed by atoms with E-state index in [-0.39, 0.29) is 5.60 Å². The van der Waals surface area contributed by atoms with E-state index >= 15 is 0 Å². The van der Waals surface area contributed by atoms with Crippen LogP contribution in [0.25, 0.3) is 0 Å². The summed E-state index contributed by atoms with van der Waals surface area (Å²) in [5, 5.41) is 3.19. The van der Waals surface area contributed by atoms with Crippen molar-refractivity contribution in [1.82, 2.24) is 5.32 Å². The molecule has 0 saturated carbocycles. The van der Waals surface area contributed by atoms with Crippen molar-refractivity contribution < 1.29 is 18.9 Å². The molecule has 0 atom stereocenters. The lowest BCUT2D eigenvalue weighted by Crippen LogP contribution is -2.22. The van der Waals surface area contributed by atoms with Crippen LogP contribution in [0, 0.1) is 0 Å². The van der Waals surface area contributed by atoms with E-state index in [0.717, 1.165) is 19.7 Å². The lowest BCUT2D eigenvalue weighted by atomic mass is 10.2. The molecule has 19 heavy (non-hydrogen) atoms. The summed E-state index contributed by atoms with van der Waals surface area (Å²) in [5.41, 5.74) is -0.0934. The Bertz CT molecular complexity index is 183. The second-order valence-corrected chi connectivity index (χ2v) is 5.15. The molecule has 0 saturated heterocycles. The van der Waals surface area contributed by atoms with Crippen molar-refractivity contribution in [2.45, 2.75) is 33.3 Å². The summed E-state index contributed by atoms with van der Waals surface area (Å²) >= 11 is 0. The van der Waals surface area contributed by atoms with Crippen LogP contribution in [0.2, 0.25) is 0 Å². The van der Waals surface area contributed by atoms with Crippen molar-refractivity contribution in [2.75, 3.05) is 59.3 Å². The Morgan fingerprint density at radius 3 is 1.68 bits per heavy atom. The van der Waals surface area contributed by atoms with E-state index < -0.39 is 0 Å². The molecule has 0 radical (unpaired) electrons. The van der Waals surface area contributed by atoms with E-state index in [1.165, 1.54) is 0 Å². The molecule has 0 heterocycles. The molecule has 0 fully saturated rings. The summed E-state index contributed by atoms with van der Waals surface area (Å²) in [6.45, 7) is 14.5. The van der Waals surface area contributed by atoms with E-state index in [0.29, 0.717) is 39.6 Å². The van der Waals surface area contributed by atoms with Gasteiger partial charge in [0.05, 0.1) is 51.8 Å². The lowest BCUT2D eigenvalue weighted by molar-refractivity contribution is -0.0449. The monoisotopic (exact) mass is 277 g/mol. The predicted molar refractivity (Wildman–Crippen MR) is 76.7 cm³/mol. The van der Waals surface area contributed by atoms with Gasteiger partial charge in [-0.1, -0.05) is 6.92 Å². The molecule has 0 rings (SSSR count). The summed E-state index contributed by atoms with van der Waals surface area (Å²) in [6, 6.07) is 0. The quantitative estimate of drug-likeness (QED) is 0.517. The van der Waals surface area contributed by atoms with Crippen LogP contribution in [0.4, 0.5) is 0 Å². The molecule has 0 aromatic heterocycles. The van der Waals surface area contributed by atoms with Crippen LogP contribution in [0.15, 0.2) is 0 Å². The zero-order valence-electron chi connectivity index (χ0n) is 13.0. The van der Waals surface area contributed by atoms with E-state index in [1.807, 2.05) is 20.8 Å². The summed E-state index contributed by atoms with van der Waals surface area (Å²) < 4.78 is 21.7. The maximum atomic E-state index is 5.53. The van der Waals surface area contributed by atoms with Gasteiger partial charge in [-0.05, 0) is 27.3 Å². The SMILES string of the molecule is CCNCCOCCOCCOCCOC(C)(C)C. The third-order valence-corrected chi connectivity index (χ3v) is 2.18. The van der Waals surface area contributed by atoms with Crippen molar-refractivity contribution in [1.29, 1.82) is 0 Å². The Morgan fingerprint density at radius 1 is 0.737 bits per heavy atom. The van der Waals surface area contributed by atoms with Crippen LogP contribution in [-0.2, 0) is 18.9 Å². The van der Waals surface area contributed by atoms with Crippen molar-refractivity contribution in [2.24, 2.45) is 0 Å². The molecular weight excluding hydrogens is 246 g/mol. The first-order chi connectivity index (χ1) is 9.06. The van der Waals surface area contributed by atoms with Gasteiger partial charge in [-0.15, -0.1) is 0 Å². The molecule has 0 aliphatic heterocycles. The molecule has 0 unspecified atom stereocenters. The molecule has 0 aromatic rings. The van der Waals surface area contributed by atoms with Crippen molar-refractivity contribution in [3.63, 3.8) is 0 Å². The first kappa shape index (κ1) is 18.8. The van der Waals surface area contributed by atoms with Gasteiger partial charge in [-0.2, -0.15) is 0 Å². The normalized spacial score (nSPS) is 12.0. The molecule has 0 spiro atoms. The van der Waals surface area contributed by atoms with E-state index in [9.17, 15) is 0 Å². The smallest absolute Gasteiger partial charge is 0.0707 e. The number of likely N-dealkylation sites (N-methyl/N-ethyl adjacent to an activating group) is 1. The predicted octanol–water partition coefficient (Wildman–Crippen LogP) is 1.46. The largest absolute Gasteiger partial charge is 0.378 e. The third kappa shape index (κ3) is 17.8. The average molecular weight is 277 g/mol. The highest BCUT2D eigenvalue weighted by atomic mass is 16.6. The molecular formula is C14H31NO4. The highest BCUT2D eigenvalue weighted by Crippen LogP contribution is 2.05. The third-order valence-electron chi connectivity index (χ3n) is 2.18. The molecule has 5 heteroatoms. The fourth-order valence-corrected chi connectivity index (χ4v) is 1.27. The minimum Gasteiger partial charge on any atom is -0.378 e. The van der Waals surface area contributed by atoms with Gasteiger partial charge in [0.1, 0.15) is 0 Å². The summed E-state index contributed by atoms with van der Waals surface area (Å²) in [6.07, 6.45) is 0.